The molecule has 2 heteroatoms. The first-order valence-corrected chi connectivity index (χ1v) is 7.23. The van der Waals surface area contributed by atoms with E-state index in [1.54, 1.807) is 0 Å². The molecular weight excluding hydrogens is 246 g/mol. The minimum Gasteiger partial charge on any atom is -0.359 e. The molecule has 1 aromatic carbocycles. The highest BCUT2D eigenvalue weighted by atomic mass is 16.1. The van der Waals surface area contributed by atoms with Gasteiger partial charge in [-0.25, -0.2) is 0 Å². The van der Waals surface area contributed by atoms with E-state index in [1.165, 1.54) is 16.7 Å². The van der Waals surface area contributed by atoms with Gasteiger partial charge < -0.3 is 5.73 Å². The molecule has 0 saturated heterocycles. The van der Waals surface area contributed by atoms with Gasteiger partial charge in [0.05, 0.1) is 0 Å². The lowest BCUT2D eigenvalue weighted by Crippen LogP contribution is -2.08. The Kier molecular flexibility index (Phi) is 5.39. The zero-order chi connectivity index (χ0) is 15.4. The minimum atomic E-state index is -0.581. The van der Waals surface area contributed by atoms with Crippen molar-refractivity contribution in [2.75, 3.05) is 0 Å². The van der Waals surface area contributed by atoms with Gasteiger partial charge in [-0.1, -0.05) is 59.6 Å². The Labute approximate surface area is 122 Å². The van der Waals surface area contributed by atoms with E-state index in [2.05, 4.69) is 65.5 Å². The molecule has 0 heterocycles. The largest absolute Gasteiger partial charge is 0.359 e. The summed E-state index contributed by atoms with van der Waals surface area (Å²) in [6, 6.07) is 4.43. The molecule has 0 aliphatic carbocycles. The molecule has 1 aromatic rings. The maximum absolute atomic E-state index is 11.0. The molecule has 2 nitrogen and oxygen atoms in total. The van der Waals surface area contributed by atoms with Crippen molar-refractivity contribution in [3.05, 3.63) is 34.4 Å². The summed E-state index contributed by atoms with van der Waals surface area (Å²) in [5.41, 5.74) is 9.86. The Morgan fingerprint density at radius 2 is 1.40 bits per heavy atom. The van der Waals surface area contributed by atoms with Crippen molar-refractivity contribution in [2.24, 2.45) is 5.73 Å². The number of carbonyl (C=O) groups excluding carboxylic acids is 1. The maximum atomic E-state index is 11.0. The zero-order valence-electron chi connectivity index (χ0n) is 13.4. The van der Waals surface area contributed by atoms with E-state index in [4.69, 9.17) is 5.73 Å². The van der Waals surface area contributed by atoms with Gasteiger partial charge in [-0.2, -0.15) is 0 Å². The van der Waals surface area contributed by atoms with Crippen molar-refractivity contribution in [1.82, 2.24) is 0 Å². The molecule has 0 aromatic heterocycles. The summed E-state index contributed by atoms with van der Waals surface area (Å²) in [6.07, 6.45) is 0. The van der Waals surface area contributed by atoms with E-state index in [1.807, 2.05) is 0 Å². The molecule has 0 aliphatic rings. The first-order valence-electron chi connectivity index (χ1n) is 7.23. The van der Waals surface area contributed by atoms with Gasteiger partial charge in [0.2, 0.25) is 0 Å². The number of benzene rings is 1. The van der Waals surface area contributed by atoms with E-state index in [0.29, 0.717) is 17.8 Å². The van der Waals surface area contributed by atoms with Crippen LogP contribution in [0.3, 0.4) is 0 Å². The molecule has 20 heavy (non-hydrogen) atoms. The average molecular weight is 271 g/mol. The second-order valence-corrected chi connectivity index (χ2v) is 6.15. The minimum absolute atomic E-state index is 0.364. The van der Waals surface area contributed by atoms with Gasteiger partial charge >= 0.3 is 0 Å². The predicted molar refractivity (Wildman–Crippen MR) is 84.8 cm³/mol. The topological polar surface area (TPSA) is 43.1 Å². The number of primary amides is 1. The van der Waals surface area contributed by atoms with Crippen LogP contribution in [-0.2, 0) is 4.79 Å². The first-order chi connectivity index (χ1) is 9.23. The molecule has 1 rings (SSSR count). The van der Waals surface area contributed by atoms with E-state index in [0.717, 1.165) is 5.56 Å². The predicted octanol–water partition coefficient (Wildman–Crippen LogP) is 3.89. The Bertz CT molecular complexity index is 528. The van der Waals surface area contributed by atoms with Crippen molar-refractivity contribution in [2.45, 2.75) is 59.3 Å². The van der Waals surface area contributed by atoms with Crippen molar-refractivity contribution < 1.29 is 4.79 Å². The second-order valence-electron chi connectivity index (χ2n) is 6.15. The summed E-state index contributed by atoms with van der Waals surface area (Å²) in [4.78, 5) is 11.0. The molecule has 0 bridgehead atoms. The van der Waals surface area contributed by atoms with Crippen LogP contribution in [0.15, 0.2) is 12.1 Å². The fraction of sp³-hybridized carbons (Fsp3) is 0.500. The van der Waals surface area contributed by atoms with Gasteiger partial charge in [-0.3, -0.25) is 4.79 Å². The van der Waals surface area contributed by atoms with Gasteiger partial charge in [-0.15, -0.1) is 0 Å². The molecule has 0 aliphatic heterocycles. The Morgan fingerprint density at radius 1 is 0.950 bits per heavy atom. The Morgan fingerprint density at radius 3 is 1.70 bits per heavy atom. The number of hydrogen-bond donors (Lipinski definition) is 1. The monoisotopic (exact) mass is 271 g/mol. The van der Waals surface area contributed by atoms with Gasteiger partial charge in [0, 0.05) is 5.56 Å². The lowest BCUT2D eigenvalue weighted by molar-refractivity contribution is -0.112. The van der Waals surface area contributed by atoms with Crippen molar-refractivity contribution >= 4 is 5.91 Å². The van der Waals surface area contributed by atoms with Gasteiger partial charge in [0.15, 0.2) is 0 Å². The molecule has 0 radical (unpaired) electrons. The van der Waals surface area contributed by atoms with Crippen LogP contribution in [0.2, 0.25) is 0 Å². The summed E-state index contributed by atoms with van der Waals surface area (Å²) in [5.74, 6) is 6.10. The number of carbonyl (C=O) groups is 1. The van der Waals surface area contributed by atoms with E-state index in [9.17, 15) is 4.79 Å². The van der Waals surface area contributed by atoms with Crippen molar-refractivity contribution in [3.8, 4) is 11.8 Å². The van der Waals surface area contributed by atoms with Crippen molar-refractivity contribution in [3.63, 3.8) is 0 Å². The Balaban J connectivity index is 3.60. The highest BCUT2D eigenvalue weighted by Gasteiger charge is 2.15. The van der Waals surface area contributed by atoms with E-state index >= 15 is 0 Å². The molecule has 0 saturated carbocycles. The van der Waals surface area contributed by atoms with Crippen LogP contribution in [0.1, 0.15) is 81.5 Å². The third kappa shape index (κ3) is 3.87. The van der Waals surface area contributed by atoms with Crippen LogP contribution in [0.5, 0.6) is 0 Å². The smallest absolute Gasteiger partial charge is 0.293 e. The number of nitrogens with two attached hydrogens (primary N) is 1. The Hall–Kier alpha value is -1.75. The first kappa shape index (κ1) is 16.3. The van der Waals surface area contributed by atoms with Gasteiger partial charge in [-0.05, 0) is 40.4 Å². The van der Waals surface area contributed by atoms with Crippen LogP contribution >= 0.6 is 0 Å². The fourth-order valence-electron chi connectivity index (χ4n) is 2.22. The highest BCUT2D eigenvalue weighted by molar-refractivity contribution is 5.92. The van der Waals surface area contributed by atoms with E-state index in [-0.39, 0.29) is 0 Å². The average Bonchev–Trinajstić information content (AvgIpc) is 2.34. The molecule has 108 valence electrons. The third-order valence-electron chi connectivity index (χ3n) is 3.44. The summed E-state index contributed by atoms with van der Waals surface area (Å²) >= 11 is 0. The van der Waals surface area contributed by atoms with Gasteiger partial charge in [0.1, 0.15) is 0 Å². The zero-order valence-corrected chi connectivity index (χ0v) is 13.4. The molecule has 0 fully saturated rings. The fourth-order valence-corrected chi connectivity index (χ4v) is 2.22. The summed E-state index contributed by atoms with van der Waals surface area (Å²) < 4.78 is 0. The maximum Gasteiger partial charge on any atom is 0.293 e. The van der Waals surface area contributed by atoms with Crippen LogP contribution in [0.25, 0.3) is 0 Å². The summed E-state index contributed by atoms with van der Waals surface area (Å²) in [5, 5.41) is 0. The summed E-state index contributed by atoms with van der Waals surface area (Å²) in [6.45, 7) is 13.0. The third-order valence-corrected chi connectivity index (χ3v) is 3.44. The number of hydrogen-bond acceptors (Lipinski definition) is 1. The molecule has 0 spiro atoms. The molecular formula is C18H25NO. The molecule has 2 N–H and O–H groups in total. The molecule has 1 amide bonds. The number of rotatable bonds is 3. The highest BCUT2D eigenvalue weighted by Crippen LogP contribution is 2.31. The standard InChI is InChI=1S/C18H25NO/c1-11(2)14-9-16(12(3)4)15(7-8-18(19)20)17(10-14)13(5)6/h9-13H,1-6H3,(H2,19,20). The lowest BCUT2D eigenvalue weighted by Gasteiger charge is -2.19. The van der Waals surface area contributed by atoms with Crippen LogP contribution < -0.4 is 5.73 Å². The van der Waals surface area contributed by atoms with Crippen LogP contribution in [-0.4, -0.2) is 5.91 Å². The molecule has 0 unspecified atom stereocenters. The van der Waals surface area contributed by atoms with Crippen LogP contribution in [0, 0.1) is 11.8 Å². The normalized spacial score (nSPS) is 10.8. The van der Waals surface area contributed by atoms with Gasteiger partial charge in [0.25, 0.3) is 5.91 Å². The quantitative estimate of drug-likeness (QED) is 0.833. The second kappa shape index (κ2) is 6.61. The number of amides is 1. The van der Waals surface area contributed by atoms with Crippen molar-refractivity contribution in [1.29, 1.82) is 0 Å². The summed E-state index contributed by atoms with van der Waals surface area (Å²) in [7, 11) is 0. The van der Waals surface area contributed by atoms with E-state index < -0.39 is 5.91 Å². The SMILES string of the molecule is CC(C)c1cc(C(C)C)c(C#CC(N)=O)c(C(C)C)c1. The van der Waals surface area contributed by atoms with Crippen LogP contribution in [0.4, 0.5) is 0 Å². The molecule has 0 atom stereocenters. The lowest BCUT2D eigenvalue weighted by atomic mass is 9.84.